The monoisotopic (exact) mass is 415 g/mol. The number of rotatable bonds is 7. The quantitative estimate of drug-likeness (QED) is 0.390. The highest BCUT2D eigenvalue weighted by molar-refractivity contribution is 5.85. The lowest BCUT2D eigenvalue weighted by Crippen LogP contribution is -2.30. The van der Waals surface area contributed by atoms with Crippen LogP contribution in [0.15, 0.2) is 18.2 Å². The molecule has 0 aliphatic heterocycles. The summed E-state index contributed by atoms with van der Waals surface area (Å²) in [5.74, 6) is -0.868. The van der Waals surface area contributed by atoms with Crippen LogP contribution in [0.2, 0.25) is 0 Å². The largest absolute Gasteiger partial charge is 0.504 e. The fraction of sp³-hybridized carbons (Fsp3) is 0.619. The van der Waals surface area contributed by atoms with E-state index in [9.17, 15) is 14.7 Å². The second kappa shape index (κ2) is 10.7. The Bertz CT molecular complexity index is 662. The molecule has 2 N–H and O–H groups in total. The van der Waals surface area contributed by atoms with Gasteiger partial charge < -0.3 is 19.9 Å². The highest BCUT2D eigenvalue weighted by atomic mass is 35.5. The summed E-state index contributed by atoms with van der Waals surface area (Å²) in [7, 11) is 0. The summed E-state index contributed by atoms with van der Waals surface area (Å²) >= 11 is 0. The molecule has 1 rings (SSSR count). The maximum Gasteiger partial charge on any atom is 0.316 e. The lowest BCUT2D eigenvalue weighted by atomic mass is 9.97. The first kappa shape index (κ1) is 26.2. The minimum absolute atomic E-state index is 0. The second-order valence-electron chi connectivity index (χ2n) is 8.71. The van der Waals surface area contributed by atoms with Crippen molar-refractivity contribution in [2.45, 2.75) is 61.0 Å². The number of carbonyl (C=O) groups is 2. The van der Waals surface area contributed by atoms with Crippen LogP contribution in [0.3, 0.4) is 0 Å². The van der Waals surface area contributed by atoms with E-state index in [4.69, 9.17) is 9.47 Å². The van der Waals surface area contributed by atoms with Crippen LogP contribution in [-0.4, -0.2) is 30.1 Å². The molecule has 0 aliphatic rings. The molecule has 0 aliphatic carbocycles. The summed E-state index contributed by atoms with van der Waals surface area (Å²) in [5.41, 5.74) is -0.698. The second-order valence-corrected chi connectivity index (χ2v) is 8.71. The molecule has 28 heavy (non-hydrogen) atoms. The van der Waals surface area contributed by atoms with E-state index in [1.54, 1.807) is 53.7 Å². The average molecular weight is 416 g/mol. The van der Waals surface area contributed by atoms with Crippen molar-refractivity contribution in [2.24, 2.45) is 10.8 Å². The van der Waals surface area contributed by atoms with Gasteiger partial charge in [-0.1, -0.05) is 13.0 Å². The number of hydrogen-bond donors (Lipinski definition) is 2. The Morgan fingerprint density at radius 2 is 1.64 bits per heavy atom. The molecule has 1 aromatic carbocycles. The predicted molar refractivity (Wildman–Crippen MR) is 112 cm³/mol. The molecular weight excluding hydrogens is 382 g/mol. The molecule has 6 nitrogen and oxygen atoms in total. The van der Waals surface area contributed by atoms with Gasteiger partial charge in [-0.05, 0) is 72.2 Å². The topological polar surface area (TPSA) is 84.9 Å². The number of aromatic hydroxyl groups is 1. The summed E-state index contributed by atoms with van der Waals surface area (Å²) in [5, 5.41) is 13.3. The van der Waals surface area contributed by atoms with Crippen LogP contribution in [0.25, 0.3) is 0 Å². The molecule has 0 unspecified atom stereocenters. The van der Waals surface area contributed by atoms with Gasteiger partial charge in [0.1, 0.15) is 6.10 Å². The van der Waals surface area contributed by atoms with Gasteiger partial charge in [0.15, 0.2) is 11.5 Å². The zero-order valence-corrected chi connectivity index (χ0v) is 18.7. The Morgan fingerprint density at radius 3 is 2.14 bits per heavy atom. The third-order valence-electron chi connectivity index (χ3n) is 3.79. The first-order valence-electron chi connectivity index (χ1n) is 9.33. The molecule has 7 heteroatoms. The van der Waals surface area contributed by atoms with Crippen LogP contribution in [0.1, 0.15) is 66.6 Å². The van der Waals surface area contributed by atoms with E-state index in [-0.39, 0.29) is 29.9 Å². The molecule has 0 radical (unpaired) electrons. The average Bonchev–Trinajstić information content (AvgIpc) is 2.54. The van der Waals surface area contributed by atoms with E-state index in [1.807, 2.05) is 6.92 Å². The van der Waals surface area contributed by atoms with E-state index >= 15 is 0 Å². The fourth-order valence-electron chi connectivity index (χ4n) is 2.01. The van der Waals surface area contributed by atoms with Crippen molar-refractivity contribution in [3.05, 3.63) is 23.8 Å². The highest BCUT2D eigenvalue weighted by Crippen LogP contribution is 2.33. The number of ether oxygens (including phenoxy) is 2. The van der Waals surface area contributed by atoms with E-state index in [0.717, 1.165) is 13.0 Å². The van der Waals surface area contributed by atoms with Gasteiger partial charge in [0.05, 0.1) is 10.8 Å². The molecule has 0 aromatic heterocycles. The summed E-state index contributed by atoms with van der Waals surface area (Å²) < 4.78 is 11.0. The van der Waals surface area contributed by atoms with Crippen molar-refractivity contribution in [3.63, 3.8) is 0 Å². The van der Waals surface area contributed by atoms with Gasteiger partial charge in [-0.2, -0.15) is 0 Å². The number of esters is 2. The van der Waals surface area contributed by atoms with Gasteiger partial charge in [-0.25, -0.2) is 0 Å². The molecule has 0 bridgehead atoms. The van der Waals surface area contributed by atoms with Crippen molar-refractivity contribution < 1.29 is 24.2 Å². The zero-order chi connectivity index (χ0) is 20.8. The van der Waals surface area contributed by atoms with Gasteiger partial charge in [0.2, 0.25) is 0 Å². The summed E-state index contributed by atoms with van der Waals surface area (Å²) in [4.78, 5) is 24.5. The lowest BCUT2D eigenvalue weighted by Gasteiger charge is -2.25. The number of benzene rings is 1. The molecule has 0 saturated carbocycles. The highest BCUT2D eigenvalue weighted by Gasteiger charge is 2.28. The molecule has 160 valence electrons. The Labute approximate surface area is 174 Å². The third-order valence-corrected chi connectivity index (χ3v) is 3.79. The molecule has 0 heterocycles. The van der Waals surface area contributed by atoms with Crippen LogP contribution in [0, 0.1) is 10.8 Å². The van der Waals surface area contributed by atoms with Crippen molar-refractivity contribution in [1.82, 2.24) is 5.32 Å². The van der Waals surface area contributed by atoms with Gasteiger partial charge in [0, 0.05) is 6.54 Å². The van der Waals surface area contributed by atoms with Crippen LogP contribution < -0.4 is 10.1 Å². The summed E-state index contributed by atoms with van der Waals surface area (Å²) in [6.07, 6.45) is 0.389. The number of halogens is 1. The third kappa shape index (κ3) is 8.07. The van der Waals surface area contributed by atoms with Crippen molar-refractivity contribution >= 4 is 24.3 Å². The molecular formula is C21H34ClNO5. The Kier molecular flexibility index (Phi) is 9.99. The smallest absolute Gasteiger partial charge is 0.316 e. The van der Waals surface area contributed by atoms with Crippen LogP contribution >= 0.6 is 12.4 Å². The number of phenols is 1. The Morgan fingerprint density at radius 1 is 1.07 bits per heavy atom. The molecule has 1 atom stereocenters. The van der Waals surface area contributed by atoms with Gasteiger partial charge in [0.25, 0.3) is 0 Å². The number of hydrogen-bond acceptors (Lipinski definition) is 6. The van der Waals surface area contributed by atoms with E-state index < -0.39 is 22.9 Å². The standard InChI is InChI=1S/C21H33NO5.ClH/c1-8-11-22-13-17(27-19(25)21(5,6)7)14-9-10-15(23)16(12-14)26-18(24)20(2,3)4;/h9-10,12,17,22-23H,8,11,13H2,1-7H3;1H/t17-;/m1./s1. The lowest BCUT2D eigenvalue weighted by molar-refractivity contribution is -0.159. The number of carbonyl (C=O) groups excluding carboxylic acids is 2. The maximum absolute atomic E-state index is 12.4. The summed E-state index contributed by atoms with van der Waals surface area (Å²) in [6.45, 7) is 13.8. The normalized spacial score (nSPS) is 12.7. The summed E-state index contributed by atoms with van der Waals surface area (Å²) in [6, 6.07) is 4.66. The van der Waals surface area contributed by atoms with Crippen LogP contribution in [-0.2, 0) is 14.3 Å². The van der Waals surface area contributed by atoms with Crippen molar-refractivity contribution in [3.8, 4) is 11.5 Å². The van der Waals surface area contributed by atoms with Crippen molar-refractivity contribution in [1.29, 1.82) is 0 Å². The van der Waals surface area contributed by atoms with Crippen molar-refractivity contribution in [2.75, 3.05) is 13.1 Å². The van der Waals surface area contributed by atoms with Gasteiger partial charge in [-0.15, -0.1) is 12.4 Å². The Balaban J connectivity index is 0.00000729. The first-order chi connectivity index (χ1) is 12.4. The van der Waals surface area contributed by atoms with Gasteiger partial charge in [-0.3, -0.25) is 9.59 Å². The molecule has 0 amide bonds. The molecule has 0 fully saturated rings. The van der Waals surface area contributed by atoms with E-state index in [0.29, 0.717) is 12.1 Å². The van der Waals surface area contributed by atoms with E-state index in [2.05, 4.69) is 5.32 Å². The SMILES string of the molecule is CCCNC[C@@H](OC(=O)C(C)(C)C)c1ccc(O)c(OC(=O)C(C)(C)C)c1.Cl. The predicted octanol–water partition coefficient (Wildman–Crippen LogP) is 4.40. The number of phenolic OH excluding ortho intramolecular Hbond substituents is 1. The van der Waals surface area contributed by atoms with Crippen LogP contribution in [0.4, 0.5) is 0 Å². The molecule has 0 saturated heterocycles. The Hall–Kier alpha value is -1.79. The minimum atomic E-state index is -0.705. The van der Waals surface area contributed by atoms with Gasteiger partial charge >= 0.3 is 11.9 Å². The minimum Gasteiger partial charge on any atom is -0.504 e. The fourth-order valence-corrected chi connectivity index (χ4v) is 2.01. The molecule has 1 aromatic rings. The zero-order valence-electron chi connectivity index (χ0n) is 17.9. The maximum atomic E-state index is 12.4. The molecule has 0 spiro atoms. The number of nitrogens with one attached hydrogen (secondary N) is 1. The van der Waals surface area contributed by atoms with Crippen LogP contribution in [0.5, 0.6) is 11.5 Å². The van der Waals surface area contributed by atoms with E-state index in [1.165, 1.54) is 6.07 Å². The first-order valence-corrected chi connectivity index (χ1v) is 9.33.